The summed E-state index contributed by atoms with van der Waals surface area (Å²) in [4.78, 5) is 12.0. The Balaban J connectivity index is 1.84. The van der Waals surface area contributed by atoms with Crippen molar-refractivity contribution in [1.29, 1.82) is 0 Å². The number of hydrogen-bond donors (Lipinski definition) is 1. The topological polar surface area (TPSA) is 72.7 Å². The Hall–Kier alpha value is -1.89. The molecule has 1 amide bonds. The van der Waals surface area contributed by atoms with Crippen LogP contribution in [0.4, 0.5) is 0 Å². The molecule has 1 heterocycles. The molecular formula is C16H23N5OS. The minimum Gasteiger partial charge on any atom is -0.349 e. The van der Waals surface area contributed by atoms with Gasteiger partial charge in [-0.3, -0.25) is 4.79 Å². The average Bonchev–Trinajstić information content (AvgIpc) is 2.90. The van der Waals surface area contributed by atoms with Crippen molar-refractivity contribution in [3.8, 4) is 0 Å². The average molecular weight is 333 g/mol. The van der Waals surface area contributed by atoms with E-state index in [4.69, 9.17) is 0 Å². The van der Waals surface area contributed by atoms with Gasteiger partial charge in [0.15, 0.2) is 0 Å². The molecule has 1 aromatic heterocycles. The van der Waals surface area contributed by atoms with Crippen LogP contribution in [0.25, 0.3) is 0 Å². The van der Waals surface area contributed by atoms with Crippen LogP contribution in [-0.4, -0.2) is 31.9 Å². The third-order valence-electron chi connectivity index (χ3n) is 3.41. The van der Waals surface area contributed by atoms with E-state index in [2.05, 4.69) is 59.0 Å². The molecule has 0 aliphatic heterocycles. The van der Waals surface area contributed by atoms with Crippen LogP contribution < -0.4 is 5.32 Å². The van der Waals surface area contributed by atoms with Gasteiger partial charge in [-0.15, -0.1) is 5.10 Å². The minimum absolute atomic E-state index is 0.0196. The minimum atomic E-state index is -0.0308. The summed E-state index contributed by atoms with van der Waals surface area (Å²) in [6, 6.07) is 8.43. The zero-order chi connectivity index (χ0) is 16.8. The van der Waals surface area contributed by atoms with Crippen molar-refractivity contribution in [1.82, 2.24) is 25.5 Å². The Labute approximate surface area is 141 Å². The lowest BCUT2D eigenvalue weighted by atomic mass is 10.00. The number of carbonyl (C=O) groups excluding carboxylic acids is 1. The lowest BCUT2D eigenvalue weighted by molar-refractivity contribution is -0.119. The predicted molar refractivity (Wildman–Crippen MR) is 91.1 cm³/mol. The molecule has 1 aromatic carbocycles. The second kappa shape index (κ2) is 8.10. The van der Waals surface area contributed by atoms with Gasteiger partial charge in [0.1, 0.15) is 0 Å². The summed E-state index contributed by atoms with van der Waals surface area (Å²) in [7, 11) is 1.75. The van der Waals surface area contributed by atoms with Gasteiger partial charge in [-0.2, -0.15) is 0 Å². The normalized spacial score (nSPS) is 12.4. The Kier molecular flexibility index (Phi) is 6.15. The van der Waals surface area contributed by atoms with Crippen molar-refractivity contribution in [2.75, 3.05) is 5.75 Å². The summed E-state index contributed by atoms with van der Waals surface area (Å²) in [5, 5.41) is 14.8. The maximum absolute atomic E-state index is 12.0. The number of nitrogens with one attached hydrogen (secondary N) is 1. The fourth-order valence-electron chi connectivity index (χ4n) is 2.25. The summed E-state index contributed by atoms with van der Waals surface area (Å²) >= 11 is 1.32. The molecule has 1 atom stereocenters. The molecular weight excluding hydrogens is 310 g/mol. The molecule has 0 bridgehead atoms. The summed E-state index contributed by atoms with van der Waals surface area (Å²) in [5.74, 6) is 0.908. The smallest absolute Gasteiger partial charge is 0.230 e. The van der Waals surface area contributed by atoms with Gasteiger partial charge in [0.2, 0.25) is 11.1 Å². The molecule has 0 saturated carbocycles. The zero-order valence-corrected chi connectivity index (χ0v) is 14.8. The first-order valence-corrected chi connectivity index (χ1v) is 8.67. The highest BCUT2D eigenvalue weighted by Crippen LogP contribution is 2.17. The molecule has 0 aliphatic carbocycles. The molecule has 0 fully saturated rings. The number of thioether (sulfide) groups is 1. The van der Waals surface area contributed by atoms with Crippen LogP contribution in [0.1, 0.15) is 37.9 Å². The number of benzene rings is 1. The molecule has 7 heteroatoms. The lowest BCUT2D eigenvalue weighted by Crippen LogP contribution is -2.28. The third-order valence-corrected chi connectivity index (χ3v) is 4.43. The van der Waals surface area contributed by atoms with Crippen LogP contribution in [0.5, 0.6) is 0 Å². The Morgan fingerprint density at radius 2 is 1.96 bits per heavy atom. The van der Waals surface area contributed by atoms with Crippen molar-refractivity contribution >= 4 is 17.7 Å². The summed E-state index contributed by atoms with van der Waals surface area (Å²) in [6.07, 6.45) is 1.07. The molecule has 0 saturated heterocycles. The van der Waals surface area contributed by atoms with Crippen molar-refractivity contribution in [2.24, 2.45) is 13.0 Å². The van der Waals surface area contributed by atoms with E-state index >= 15 is 0 Å². The van der Waals surface area contributed by atoms with E-state index in [0.717, 1.165) is 12.0 Å². The van der Waals surface area contributed by atoms with E-state index in [9.17, 15) is 4.79 Å². The Morgan fingerprint density at radius 3 is 2.52 bits per heavy atom. The molecule has 6 nitrogen and oxygen atoms in total. The maximum atomic E-state index is 12.0. The molecule has 0 aliphatic rings. The van der Waals surface area contributed by atoms with Crippen molar-refractivity contribution < 1.29 is 4.79 Å². The molecule has 2 rings (SSSR count). The number of aryl methyl sites for hydroxylation is 1. The van der Waals surface area contributed by atoms with Gasteiger partial charge in [0.05, 0.1) is 11.8 Å². The van der Waals surface area contributed by atoms with Crippen molar-refractivity contribution in [3.05, 3.63) is 35.4 Å². The van der Waals surface area contributed by atoms with E-state index in [0.29, 0.717) is 16.8 Å². The highest BCUT2D eigenvalue weighted by molar-refractivity contribution is 7.99. The second-order valence-electron chi connectivity index (χ2n) is 6.00. The number of amides is 1. The van der Waals surface area contributed by atoms with E-state index in [1.54, 1.807) is 11.7 Å². The number of tetrazole rings is 1. The fraction of sp³-hybridized carbons (Fsp3) is 0.500. The highest BCUT2D eigenvalue weighted by Gasteiger charge is 2.12. The number of nitrogens with zero attached hydrogens (tertiary/aromatic N) is 4. The number of carbonyl (C=O) groups is 1. The molecule has 0 radical (unpaired) electrons. The predicted octanol–water partition coefficient (Wildman–Crippen LogP) is 2.38. The largest absolute Gasteiger partial charge is 0.349 e. The summed E-state index contributed by atoms with van der Waals surface area (Å²) in [5.41, 5.74) is 2.43. The third kappa shape index (κ3) is 5.35. The van der Waals surface area contributed by atoms with Crippen LogP contribution in [0.15, 0.2) is 29.4 Å². The zero-order valence-electron chi connectivity index (χ0n) is 14.0. The number of hydrogen-bond acceptors (Lipinski definition) is 5. The second-order valence-corrected chi connectivity index (χ2v) is 6.94. The van der Waals surface area contributed by atoms with Gasteiger partial charge in [0.25, 0.3) is 0 Å². The van der Waals surface area contributed by atoms with Crippen LogP contribution in [0, 0.1) is 5.92 Å². The van der Waals surface area contributed by atoms with Crippen molar-refractivity contribution in [2.45, 2.75) is 38.4 Å². The van der Waals surface area contributed by atoms with Gasteiger partial charge < -0.3 is 5.32 Å². The fourth-order valence-corrected chi connectivity index (χ4v) is 2.92. The van der Waals surface area contributed by atoms with Gasteiger partial charge in [-0.05, 0) is 40.8 Å². The summed E-state index contributed by atoms with van der Waals surface area (Å²) in [6.45, 7) is 6.41. The Morgan fingerprint density at radius 1 is 1.26 bits per heavy atom. The van der Waals surface area contributed by atoms with Gasteiger partial charge in [-0.25, -0.2) is 4.68 Å². The van der Waals surface area contributed by atoms with E-state index in [1.807, 2.05) is 6.92 Å². The first-order valence-electron chi connectivity index (χ1n) is 7.69. The van der Waals surface area contributed by atoms with Crippen molar-refractivity contribution in [3.63, 3.8) is 0 Å². The van der Waals surface area contributed by atoms with Crippen LogP contribution in [-0.2, 0) is 18.3 Å². The quantitative estimate of drug-likeness (QED) is 0.788. The van der Waals surface area contributed by atoms with Gasteiger partial charge in [-0.1, -0.05) is 49.9 Å². The molecule has 0 spiro atoms. The summed E-state index contributed by atoms with van der Waals surface area (Å²) < 4.78 is 1.55. The standard InChI is InChI=1S/C16H23N5OS/c1-11(2)9-13-5-7-14(8-6-13)12(3)17-15(22)10-23-16-18-19-20-21(16)4/h5-8,11-12H,9-10H2,1-4H3,(H,17,22). The number of aromatic nitrogens is 4. The number of rotatable bonds is 7. The first kappa shape index (κ1) is 17.5. The lowest BCUT2D eigenvalue weighted by Gasteiger charge is -2.15. The SMILES string of the molecule is CC(C)Cc1ccc(C(C)NC(=O)CSc2nnnn2C)cc1. The Bertz CT molecular complexity index is 638. The maximum Gasteiger partial charge on any atom is 0.230 e. The highest BCUT2D eigenvalue weighted by atomic mass is 32.2. The molecule has 124 valence electrons. The molecule has 23 heavy (non-hydrogen) atoms. The van der Waals surface area contributed by atoms with Crippen LogP contribution in [0.2, 0.25) is 0 Å². The monoisotopic (exact) mass is 333 g/mol. The molecule has 1 N–H and O–H groups in total. The van der Waals surface area contributed by atoms with Gasteiger partial charge in [0, 0.05) is 7.05 Å². The van der Waals surface area contributed by atoms with E-state index in [1.165, 1.54) is 17.3 Å². The van der Waals surface area contributed by atoms with Crippen LogP contribution in [0.3, 0.4) is 0 Å². The first-order chi connectivity index (χ1) is 11.0. The molecule has 2 aromatic rings. The molecule has 1 unspecified atom stereocenters. The van der Waals surface area contributed by atoms with E-state index < -0.39 is 0 Å². The van der Waals surface area contributed by atoms with E-state index in [-0.39, 0.29) is 11.9 Å². The van der Waals surface area contributed by atoms with Gasteiger partial charge >= 0.3 is 0 Å². The van der Waals surface area contributed by atoms with Crippen LogP contribution >= 0.6 is 11.8 Å².